The van der Waals surface area contributed by atoms with Gasteiger partial charge in [0.25, 0.3) is 0 Å². The molecule has 0 bridgehead atoms. The third kappa shape index (κ3) is 3.27. The lowest BCUT2D eigenvalue weighted by Gasteiger charge is -2.12. The molecule has 1 unspecified atom stereocenters. The Labute approximate surface area is 115 Å². The molecule has 102 valence electrons. The Morgan fingerprint density at radius 1 is 1.37 bits per heavy atom. The Kier molecular flexibility index (Phi) is 4.44. The first-order chi connectivity index (χ1) is 9.09. The van der Waals surface area contributed by atoms with E-state index >= 15 is 0 Å². The number of aromatic amines is 1. The molecule has 2 N–H and O–H groups in total. The minimum Gasteiger partial charge on any atom is -0.388 e. The molecule has 0 spiro atoms. The molecule has 1 atom stereocenters. The fourth-order valence-electron chi connectivity index (χ4n) is 1.77. The number of H-pyrrole nitrogens is 1. The van der Waals surface area contributed by atoms with E-state index in [0.717, 1.165) is 5.56 Å². The molecule has 2 aromatic rings. The first-order valence-electron chi connectivity index (χ1n) is 6.12. The van der Waals surface area contributed by atoms with Crippen molar-refractivity contribution in [3.8, 4) is 0 Å². The van der Waals surface area contributed by atoms with Crippen molar-refractivity contribution in [2.24, 2.45) is 0 Å². The molecule has 0 aliphatic carbocycles. The van der Waals surface area contributed by atoms with Gasteiger partial charge in [-0.1, -0.05) is 42.1 Å². The normalized spacial score (nSPS) is 12.8. The maximum absolute atomic E-state index is 11.6. The summed E-state index contributed by atoms with van der Waals surface area (Å²) in [5.74, 6) is 0.459. The highest BCUT2D eigenvalue weighted by Gasteiger charge is 2.14. The molecular weight excluding hydrogens is 262 g/mol. The van der Waals surface area contributed by atoms with E-state index < -0.39 is 6.10 Å². The van der Waals surface area contributed by atoms with Gasteiger partial charge in [0.1, 0.15) is 0 Å². The number of rotatable bonds is 5. The number of nitrogens with zero attached hydrogens (tertiary/aromatic N) is 2. The van der Waals surface area contributed by atoms with Gasteiger partial charge in [0.15, 0.2) is 5.16 Å². The Balaban J connectivity index is 2.05. The molecule has 1 aromatic carbocycles. The molecule has 0 saturated carbocycles. The minimum atomic E-state index is -0.571. The summed E-state index contributed by atoms with van der Waals surface area (Å²) in [6, 6.07) is 9.50. The number of hydrogen-bond acceptors (Lipinski definition) is 4. The van der Waals surface area contributed by atoms with Crippen molar-refractivity contribution in [1.82, 2.24) is 14.8 Å². The van der Waals surface area contributed by atoms with E-state index in [4.69, 9.17) is 0 Å². The number of thioether (sulfide) groups is 1. The average molecular weight is 279 g/mol. The van der Waals surface area contributed by atoms with Crippen molar-refractivity contribution in [2.75, 3.05) is 5.75 Å². The number of benzene rings is 1. The van der Waals surface area contributed by atoms with E-state index in [1.54, 1.807) is 4.57 Å². The van der Waals surface area contributed by atoms with E-state index in [-0.39, 0.29) is 11.7 Å². The third-order valence-corrected chi connectivity index (χ3v) is 3.77. The third-order valence-electron chi connectivity index (χ3n) is 2.74. The van der Waals surface area contributed by atoms with E-state index in [0.29, 0.717) is 10.9 Å². The van der Waals surface area contributed by atoms with Gasteiger partial charge in [0.2, 0.25) is 0 Å². The maximum atomic E-state index is 11.6. The zero-order valence-corrected chi connectivity index (χ0v) is 11.7. The smallest absolute Gasteiger partial charge is 0.344 e. The highest BCUT2D eigenvalue weighted by molar-refractivity contribution is 7.99. The van der Waals surface area contributed by atoms with Crippen LogP contribution in [0, 0.1) is 0 Å². The first-order valence-corrected chi connectivity index (χ1v) is 7.11. The molecule has 1 heterocycles. The van der Waals surface area contributed by atoms with Crippen LogP contribution in [-0.2, 0) is 0 Å². The molecule has 0 fully saturated rings. The Bertz CT molecular complexity index is 577. The molecule has 1 aromatic heterocycles. The van der Waals surface area contributed by atoms with E-state index in [1.165, 1.54) is 11.8 Å². The number of aromatic nitrogens is 3. The van der Waals surface area contributed by atoms with Crippen LogP contribution in [0.25, 0.3) is 0 Å². The summed E-state index contributed by atoms with van der Waals surface area (Å²) >= 11 is 1.37. The largest absolute Gasteiger partial charge is 0.388 e. The second kappa shape index (κ2) is 6.08. The van der Waals surface area contributed by atoms with Crippen LogP contribution in [0.2, 0.25) is 0 Å². The fraction of sp³-hybridized carbons (Fsp3) is 0.385. The first kappa shape index (κ1) is 13.9. The SMILES string of the molecule is CC(C)n1c(SCC(O)c2ccccc2)n[nH]c1=O. The van der Waals surface area contributed by atoms with E-state index in [9.17, 15) is 9.90 Å². The van der Waals surface area contributed by atoms with E-state index in [1.807, 2.05) is 44.2 Å². The van der Waals surface area contributed by atoms with Crippen molar-refractivity contribution >= 4 is 11.8 Å². The standard InChI is InChI=1S/C13H17N3O2S/c1-9(2)16-12(18)14-15-13(16)19-8-11(17)10-6-4-3-5-7-10/h3-7,9,11,17H,8H2,1-2H3,(H,14,18). The summed E-state index contributed by atoms with van der Waals surface area (Å²) in [6.07, 6.45) is -0.571. The van der Waals surface area contributed by atoms with Gasteiger partial charge in [-0.2, -0.15) is 0 Å². The summed E-state index contributed by atoms with van der Waals surface area (Å²) in [5, 5.41) is 17.1. The highest BCUT2D eigenvalue weighted by atomic mass is 32.2. The Morgan fingerprint density at radius 3 is 2.68 bits per heavy atom. The second-order valence-electron chi connectivity index (χ2n) is 4.51. The van der Waals surface area contributed by atoms with Crippen LogP contribution in [0.3, 0.4) is 0 Å². The fourth-order valence-corrected chi connectivity index (χ4v) is 2.81. The predicted molar refractivity (Wildman–Crippen MR) is 75.4 cm³/mol. The maximum Gasteiger partial charge on any atom is 0.344 e. The molecule has 0 amide bonds. The van der Waals surface area contributed by atoms with Crippen molar-refractivity contribution in [3.05, 3.63) is 46.4 Å². The summed E-state index contributed by atoms with van der Waals surface area (Å²) < 4.78 is 1.59. The van der Waals surface area contributed by atoms with Gasteiger partial charge in [0, 0.05) is 11.8 Å². The van der Waals surface area contributed by atoms with Gasteiger partial charge in [0.05, 0.1) is 6.10 Å². The van der Waals surface area contributed by atoms with Gasteiger partial charge in [-0.15, -0.1) is 5.10 Å². The minimum absolute atomic E-state index is 0.0441. The molecular formula is C13H17N3O2S. The van der Waals surface area contributed by atoms with Gasteiger partial charge >= 0.3 is 5.69 Å². The van der Waals surface area contributed by atoms with Gasteiger partial charge in [-0.05, 0) is 19.4 Å². The topological polar surface area (TPSA) is 70.9 Å². The van der Waals surface area contributed by atoms with Crippen LogP contribution in [0.15, 0.2) is 40.3 Å². The number of nitrogens with one attached hydrogen (secondary N) is 1. The molecule has 0 saturated heterocycles. The van der Waals surface area contributed by atoms with Crippen molar-refractivity contribution < 1.29 is 5.11 Å². The van der Waals surface area contributed by atoms with Crippen LogP contribution < -0.4 is 5.69 Å². The van der Waals surface area contributed by atoms with Crippen molar-refractivity contribution in [3.63, 3.8) is 0 Å². The number of hydrogen-bond donors (Lipinski definition) is 2. The van der Waals surface area contributed by atoms with Crippen LogP contribution in [-0.4, -0.2) is 25.6 Å². The zero-order chi connectivity index (χ0) is 13.8. The summed E-state index contributed by atoms with van der Waals surface area (Å²) in [4.78, 5) is 11.6. The Morgan fingerprint density at radius 2 is 2.05 bits per heavy atom. The summed E-state index contributed by atoms with van der Waals surface area (Å²) in [7, 11) is 0. The van der Waals surface area contributed by atoms with Crippen molar-refractivity contribution in [1.29, 1.82) is 0 Å². The monoisotopic (exact) mass is 279 g/mol. The number of aliphatic hydroxyl groups excluding tert-OH is 1. The van der Waals surface area contributed by atoms with Crippen LogP contribution in [0.5, 0.6) is 0 Å². The summed E-state index contributed by atoms with van der Waals surface area (Å²) in [6.45, 7) is 3.85. The quantitative estimate of drug-likeness (QED) is 0.821. The van der Waals surface area contributed by atoms with Gasteiger partial charge in [-0.3, -0.25) is 4.57 Å². The lowest BCUT2D eigenvalue weighted by atomic mass is 10.1. The lowest BCUT2D eigenvalue weighted by molar-refractivity contribution is 0.204. The van der Waals surface area contributed by atoms with Crippen LogP contribution in [0.1, 0.15) is 31.6 Å². The molecule has 0 radical (unpaired) electrons. The van der Waals surface area contributed by atoms with Crippen LogP contribution >= 0.6 is 11.8 Å². The van der Waals surface area contributed by atoms with Gasteiger partial charge in [-0.25, -0.2) is 9.89 Å². The molecule has 5 nitrogen and oxygen atoms in total. The molecule has 19 heavy (non-hydrogen) atoms. The highest BCUT2D eigenvalue weighted by Crippen LogP contribution is 2.23. The molecule has 0 aliphatic heterocycles. The molecule has 0 aliphatic rings. The second-order valence-corrected chi connectivity index (χ2v) is 5.50. The van der Waals surface area contributed by atoms with Gasteiger partial charge < -0.3 is 5.11 Å². The zero-order valence-electron chi connectivity index (χ0n) is 10.9. The predicted octanol–water partition coefficient (Wildman–Crippen LogP) is 1.98. The average Bonchev–Trinajstić information content (AvgIpc) is 2.78. The van der Waals surface area contributed by atoms with Crippen LogP contribution in [0.4, 0.5) is 0 Å². The molecule has 2 rings (SSSR count). The lowest BCUT2D eigenvalue weighted by Crippen LogP contribution is -2.19. The Hall–Kier alpha value is -1.53. The summed E-state index contributed by atoms with van der Waals surface area (Å²) in [5.41, 5.74) is 0.649. The van der Waals surface area contributed by atoms with E-state index in [2.05, 4.69) is 10.2 Å². The molecule has 6 heteroatoms. The number of aliphatic hydroxyl groups is 1. The van der Waals surface area contributed by atoms with Crippen molar-refractivity contribution in [2.45, 2.75) is 31.1 Å².